The predicted octanol–water partition coefficient (Wildman–Crippen LogP) is 1.73. The molecule has 78 valence electrons. The Hall–Kier alpha value is -1.61. The average molecular weight is 204 g/mol. The van der Waals surface area contributed by atoms with E-state index in [0.29, 0.717) is 6.10 Å². The summed E-state index contributed by atoms with van der Waals surface area (Å²) in [6, 6.07) is 7.83. The number of rotatable bonds is 4. The van der Waals surface area contributed by atoms with E-state index in [0.717, 1.165) is 24.7 Å². The van der Waals surface area contributed by atoms with Gasteiger partial charge in [0.1, 0.15) is 0 Å². The highest BCUT2D eigenvalue weighted by atomic mass is 16.6. The lowest BCUT2D eigenvalue weighted by molar-refractivity contribution is -0.131. The van der Waals surface area contributed by atoms with Gasteiger partial charge in [-0.3, -0.25) is 0 Å². The molecule has 1 aromatic rings. The minimum Gasteiger partial charge on any atom is -0.478 e. The molecule has 1 aliphatic rings. The van der Waals surface area contributed by atoms with Gasteiger partial charge in [0.2, 0.25) is 0 Å². The minimum atomic E-state index is -0.926. The zero-order valence-corrected chi connectivity index (χ0v) is 8.22. The molecule has 1 N–H and O–H groups in total. The SMILES string of the molecule is O=C(O)C=Cc1ccc(CC2CO2)cc1. The van der Waals surface area contributed by atoms with Crippen molar-refractivity contribution in [1.29, 1.82) is 0 Å². The summed E-state index contributed by atoms with van der Waals surface area (Å²) < 4.78 is 5.13. The maximum atomic E-state index is 10.3. The summed E-state index contributed by atoms with van der Waals surface area (Å²) in [7, 11) is 0. The number of ether oxygens (including phenoxy) is 1. The lowest BCUT2D eigenvalue weighted by atomic mass is 10.1. The van der Waals surface area contributed by atoms with Gasteiger partial charge in [-0.2, -0.15) is 0 Å². The summed E-state index contributed by atoms with van der Waals surface area (Å²) >= 11 is 0. The molecule has 1 unspecified atom stereocenters. The highest BCUT2D eigenvalue weighted by Crippen LogP contribution is 2.16. The monoisotopic (exact) mass is 204 g/mol. The lowest BCUT2D eigenvalue weighted by Gasteiger charge is -1.98. The first kappa shape index (κ1) is 9.93. The Morgan fingerprint density at radius 3 is 2.67 bits per heavy atom. The van der Waals surface area contributed by atoms with Crippen LogP contribution in [0.5, 0.6) is 0 Å². The lowest BCUT2D eigenvalue weighted by Crippen LogP contribution is -1.92. The Labute approximate surface area is 88.0 Å². The molecule has 1 heterocycles. The van der Waals surface area contributed by atoms with Crippen LogP contribution in [0.15, 0.2) is 30.3 Å². The van der Waals surface area contributed by atoms with Gasteiger partial charge in [-0.1, -0.05) is 24.3 Å². The second kappa shape index (κ2) is 4.28. The smallest absolute Gasteiger partial charge is 0.328 e. The molecule has 3 nitrogen and oxygen atoms in total. The van der Waals surface area contributed by atoms with E-state index in [9.17, 15) is 4.79 Å². The van der Waals surface area contributed by atoms with Crippen LogP contribution in [0.25, 0.3) is 6.08 Å². The van der Waals surface area contributed by atoms with Crippen LogP contribution in [0.3, 0.4) is 0 Å². The minimum absolute atomic E-state index is 0.394. The van der Waals surface area contributed by atoms with E-state index in [1.807, 2.05) is 24.3 Å². The second-order valence-electron chi connectivity index (χ2n) is 3.57. The first-order valence-electron chi connectivity index (χ1n) is 4.85. The van der Waals surface area contributed by atoms with Crippen molar-refractivity contribution in [3.8, 4) is 0 Å². The summed E-state index contributed by atoms with van der Waals surface area (Å²) in [6.45, 7) is 0.862. The summed E-state index contributed by atoms with van der Waals surface area (Å²) in [5.41, 5.74) is 2.13. The normalized spacial score (nSPS) is 19.3. The summed E-state index contributed by atoms with van der Waals surface area (Å²) in [5.74, 6) is -0.926. The van der Waals surface area contributed by atoms with Crippen molar-refractivity contribution < 1.29 is 14.6 Å². The van der Waals surface area contributed by atoms with Gasteiger partial charge in [-0.05, 0) is 17.2 Å². The van der Waals surface area contributed by atoms with Crippen LogP contribution in [0.2, 0.25) is 0 Å². The molecule has 1 fully saturated rings. The Morgan fingerprint density at radius 2 is 2.13 bits per heavy atom. The highest BCUT2D eigenvalue weighted by Gasteiger charge is 2.22. The van der Waals surface area contributed by atoms with Crippen LogP contribution in [0.1, 0.15) is 11.1 Å². The van der Waals surface area contributed by atoms with Crippen molar-refractivity contribution in [2.45, 2.75) is 12.5 Å². The molecule has 1 saturated heterocycles. The molecule has 3 heteroatoms. The molecule has 2 rings (SSSR count). The molecule has 1 atom stereocenters. The number of hydrogen-bond acceptors (Lipinski definition) is 2. The maximum Gasteiger partial charge on any atom is 0.328 e. The largest absolute Gasteiger partial charge is 0.478 e. The van der Waals surface area contributed by atoms with Crippen LogP contribution in [-0.2, 0) is 16.0 Å². The van der Waals surface area contributed by atoms with Gasteiger partial charge < -0.3 is 9.84 Å². The van der Waals surface area contributed by atoms with E-state index >= 15 is 0 Å². The third kappa shape index (κ3) is 3.22. The fourth-order valence-corrected chi connectivity index (χ4v) is 1.38. The topological polar surface area (TPSA) is 49.8 Å². The van der Waals surface area contributed by atoms with E-state index < -0.39 is 5.97 Å². The van der Waals surface area contributed by atoms with E-state index in [1.54, 1.807) is 6.08 Å². The molecule has 0 aromatic heterocycles. The predicted molar refractivity (Wildman–Crippen MR) is 56.6 cm³/mol. The van der Waals surface area contributed by atoms with Crippen LogP contribution in [-0.4, -0.2) is 23.8 Å². The standard InChI is InChI=1S/C12H12O3/c13-12(14)6-5-9-1-3-10(4-2-9)7-11-8-15-11/h1-6,11H,7-8H2,(H,13,14). The fraction of sp³-hybridized carbons (Fsp3) is 0.250. The van der Waals surface area contributed by atoms with Gasteiger partial charge in [0, 0.05) is 12.5 Å². The fourth-order valence-electron chi connectivity index (χ4n) is 1.38. The quantitative estimate of drug-likeness (QED) is 0.600. The number of carboxylic acid groups (broad SMARTS) is 1. The first-order valence-corrected chi connectivity index (χ1v) is 4.85. The van der Waals surface area contributed by atoms with Crippen molar-refractivity contribution >= 4 is 12.0 Å². The van der Waals surface area contributed by atoms with E-state index in [1.165, 1.54) is 5.56 Å². The number of hydrogen-bond donors (Lipinski definition) is 1. The van der Waals surface area contributed by atoms with Crippen molar-refractivity contribution in [2.75, 3.05) is 6.61 Å². The third-order valence-electron chi connectivity index (χ3n) is 2.26. The van der Waals surface area contributed by atoms with Gasteiger partial charge in [-0.25, -0.2) is 4.79 Å². The van der Waals surface area contributed by atoms with Crippen LogP contribution >= 0.6 is 0 Å². The molecule has 15 heavy (non-hydrogen) atoms. The van der Waals surface area contributed by atoms with E-state index in [4.69, 9.17) is 9.84 Å². The van der Waals surface area contributed by atoms with Crippen LogP contribution in [0.4, 0.5) is 0 Å². The van der Waals surface area contributed by atoms with Crippen LogP contribution < -0.4 is 0 Å². The molecule has 0 radical (unpaired) electrons. The molecular weight excluding hydrogens is 192 g/mol. The Kier molecular flexibility index (Phi) is 2.83. The van der Waals surface area contributed by atoms with Crippen molar-refractivity contribution in [3.05, 3.63) is 41.5 Å². The Bertz CT molecular complexity index is 374. The molecule has 0 spiro atoms. The number of epoxide rings is 1. The first-order chi connectivity index (χ1) is 7.24. The highest BCUT2D eigenvalue weighted by molar-refractivity contribution is 5.85. The van der Waals surface area contributed by atoms with Crippen LogP contribution in [0, 0.1) is 0 Å². The number of aliphatic carboxylic acids is 1. The molecule has 0 bridgehead atoms. The molecule has 0 aliphatic carbocycles. The molecular formula is C12H12O3. The molecule has 1 aromatic carbocycles. The summed E-state index contributed by atoms with van der Waals surface area (Å²) in [4.78, 5) is 10.3. The Morgan fingerprint density at radius 1 is 1.47 bits per heavy atom. The zero-order valence-electron chi connectivity index (χ0n) is 8.22. The number of carboxylic acids is 1. The third-order valence-corrected chi connectivity index (χ3v) is 2.26. The van der Waals surface area contributed by atoms with Gasteiger partial charge in [0.15, 0.2) is 0 Å². The molecule has 0 amide bonds. The second-order valence-corrected chi connectivity index (χ2v) is 3.57. The Balaban J connectivity index is 1.99. The zero-order chi connectivity index (χ0) is 10.7. The van der Waals surface area contributed by atoms with Crippen molar-refractivity contribution in [3.63, 3.8) is 0 Å². The van der Waals surface area contributed by atoms with Crippen molar-refractivity contribution in [1.82, 2.24) is 0 Å². The number of carbonyl (C=O) groups is 1. The summed E-state index contributed by atoms with van der Waals surface area (Å²) in [6.07, 6.45) is 4.06. The average Bonchev–Trinajstić information content (AvgIpc) is 3.01. The van der Waals surface area contributed by atoms with Gasteiger partial charge in [0.05, 0.1) is 12.7 Å². The maximum absolute atomic E-state index is 10.3. The van der Waals surface area contributed by atoms with Gasteiger partial charge in [0.25, 0.3) is 0 Å². The molecule has 0 saturated carbocycles. The van der Waals surface area contributed by atoms with E-state index in [2.05, 4.69) is 0 Å². The van der Waals surface area contributed by atoms with Gasteiger partial charge in [-0.15, -0.1) is 0 Å². The number of benzene rings is 1. The van der Waals surface area contributed by atoms with Crippen molar-refractivity contribution in [2.24, 2.45) is 0 Å². The summed E-state index contributed by atoms with van der Waals surface area (Å²) in [5, 5.41) is 8.45. The van der Waals surface area contributed by atoms with E-state index in [-0.39, 0.29) is 0 Å². The van der Waals surface area contributed by atoms with Gasteiger partial charge >= 0.3 is 5.97 Å². The molecule has 1 aliphatic heterocycles.